The fourth-order valence-corrected chi connectivity index (χ4v) is 15.9. The average molecular weight is 1460 g/mol. The van der Waals surface area contributed by atoms with Gasteiger partial charge in [-0.15, -0.1) is 0 Å². The van der Waals surface area contributed by atoms with Crippen LogP contribution in [-0.4, -0.2) is 250 Å². The number of alkyl halides is 3. The highest BCUT2D eigenvalue weighted by atomic mass is 35.5. The van der Waals surface area contributed by atoms with Gasteiger partial charge in [0.1, 0.15) is 59.9 Å². The number of hydrogen-bond acceptors (Lipinski definition) is 12. The predicted molar refractivity (Wildman–Crippen MR) is 378 cm³/mol. The molecule has 0 unspecified atom stereocenters. The van der Waals surface area contributed by atoms with Gasteiger partial charge in [-0.2, -0.15) is 13.2 Å². The Morgan fingerprint density at radius 3 is 1.84 bits per heavy atom. The number of nitrogens with zero attached hydrogens (tertiary/aromatic N) is 9. The van der Waals surface area contributed by atoms with Crippen molar-refractivity contribution in [2.45, 2.75) is 262 Å². The van der Waals surface area contributed by atoms with Crippen molar-refractivity contribution >= 4 is 82.5 Å². The largest absolute Gasteiger partial charge is 0.417 e. The van der Waals surface area contributed by atoms with Crippen LogP contribution in [-0.2, 0) is 70.1 Å². The third-order valence-corrected chi connectivity index (χ3v) is 22.9. The van der Waals surface area contributed by atoms with Gasteiger partial charge in [-0.25, -0.2) is 0 Å². The van der Waals surface area contributed by atoms with E-state index in [1.54, 1.807) is 11.8 Å². The monoisotopic (exact) mass is 1450 g/mol. The maximum absolute atomic E-state index is 15.6. The first kappa shape index (κ1) is 82.2. The van der Waals surface area contributed by atoms with E-state index in [2.05, 4.69) is 16.0 Å². The van der Waals surface area contributed by atoms with E-state index in [9.17, 15) is 37.1 Å². The molecule has 24 nitrogen and oxygen atoms in total. The molecule has 2 aliphatic carbocycles. The molecule has 4 aliphatic heterocycles. The number of amides is 12. The number of piperidine rings is 1. The molecule has 4 heterocycles. The Morgan fingerprint density at radius 1 is 0.618 bits per heavy atom. The first-order valence-electron chi connectivity index (χ1n) is 37.3. The molecule has 6 fully saturated rings. The van der Waals surface area contributed by atoms with Crippen LogP contribution in [0.3, 0.4) is 0 Å². The Morgan fingerprint density at radius 2 is 1.25 bits per heavy atom. The third-order valence-electron chi connectivity index (χ3n) is 22.6. The molecule has 0 radical (unpaired) electrons. The van der Waals surface area contributed by atoms with Crippen molar-refractivity contribution in [1.82, 2.24) is 60.0 Å². The molecule has 12 amide bonds. The molecule has 4 saturated heterocycles. The zero-order valence-electron chi connectivity index (χ0n) is 62.5. The molecule has 0 bridgehead atoms. The number of carbonyl (C=O) groups is 12. The second kappa shape index (κ2) is 36.1. The van der Waals surface area contributed by atoms with Gasteiger partial charge in [0.15, 0.2) is 0 Å². The molecule has 10 atom stereocenters. The summed E-state index contributed by atoms with van der Waals surface area (Å²) in [7, 11) is 8.67. The summed E-state index contributed by atoms with van der Waals surface area (Å²) in [6, 6.07) is -7.79. The number of carbonyl (C=O) groups excluding carboxylic acids is 12. The van der Waals surface area contributed by atoms with E-state index < -0.39 is 166 Å². The number of hydrogen-bond donors (Lipinski definition) is 3. The van der Waals surface area contributed by atoms with E-state index in [0.717, 1.165) is 55.6 Å². The normalized spacial score (nSPS) is 27.5. The summed E-state index contributed by atoms with van der Waals surface area (Å²) in [6.07, 6.45) is 4.38. The molecule has 570 valence electrons. The third kappa shape index (κ3) is 19.9. The number of likely N-dealkylation sites (tertiary alicyclic amines) is 1. The number of halogens is 4. The van der Waals surface area contributed by atoms with E-state index in [1.165, 1.54) is 89.6 Å². The molecular weight excluding hydrogens is 1340 g/mol. The summed E-state index contributed by atoms with van der Waals surface area (Å²) >= 11 is 6.17. The van der Waals surface area contributed by atoms with Crippen LogP contribution in [0, 0.1) is 23.7 Å². The Labute approximate surface area is 605 Å². The minimum Gasteiger partial charge on any atom is -0.343 e. The highest BCUT2D eigenvalue weighted by molar-refractivity contribution is 6.31. The number of likely N-dealkylation sites (N-methyl/N-ethyl adjacent to an activating group) is 6. The van der Waals surface area contributed by atoms with Gasteiger partial charge < -0.3 is 60.0 Å². The molecule has 1 spiro atoms. The molecule has 1 aromatic rings. The molecule has 1 aromatic carbocycles. The molecule has 6 aliphatic rings. The SMILES string of the molecule is CC[C@H](C)[C@@H]1NC(=O)[C@H](CC(C)C)N(C)C(=O)C[C@@H](C(=O)N2CCCCC2)N(C)C(=O)[C@H](CCC(C)C)N(C)C(=O)C2(CCCC2)NC(=O)[C@@H]2CCCN2C(=O)[C@H](CCc2ccc(C(F)(F)F)c(Cl)c2)NC(=O)CN(C)C(=O)[C@H](CC2CCCCC2)N(C)C(=O)[C@@H]2CCN2C(=O)[C@H](C)N(C)C1=O. The summed E-state index contributed by atoms with van der Waals surface area (Å²) in [5.41, 5.74) is -2.35. The zero-order chi connectivity index (χ0) is 75.4. The highest BCUT2D eigenvalue weighted by Crippen LogP contribution is 2.38. The lowest BCUT2D eigenvalue weighted by atomic mass is 9.84. The number of nitrogens with one attached hydrogen (secondary N) is 3. The van der Waals surface area contributed by atoms with Gasteiger partial charge in [-0.05, 0) is 138 Å². The lowest BCUT2D eigenvalue weighted by molar-refractivity contribution is -0.160. The van der Waals surface area contributed by atoms with Gasteiger partial charge in [-0.1, -0.05) is 111 Å². The van der Waals surface area contributed by atoms with Crippen LogP contribution in [0.4, 0.5) is 13.2 Å². The lowest BCUT2D eigenvalue weighted by Crippen LogP contribution is -2.65. The highest BCUT2D eigenvalue weighted by Gasteiger charge is 2.51. The van der Waals surface area contributed by atoms with Crippen LogP contribution in [0.15, 0.2) is 18.2 Å². The van der Waals surface area contributed by atoms with Crippen molar-refractivity contribution in [3.05, 3.63) is 34.3 Å². The first-order valence-corrected chi connectivity index (χ1v) is 37.7. The van der Waals surface area contributed by atoms with Crippen molar-refractivity contribution in [2.75, 3.05) is 75.0 Å². The summed E-state index contributed by atoms with van der Waals surface area (Å²) in [5, 5.41) is 8.21. The smallest absolute Gasteiger partial charge is 0.343 e. The van der Waals surface area contributed by atoms with Crippen LogP contribution in [0.2, 0.25) is 5.02 Å². The Kier molecular flexibility index (Phi) is 29.1. The average Bonchev–Trinajstić information content (AvgIpc) is 1.38. The minimum atomic E-state index is -4.76. The summed E-state index contributed by atoms with van der Waals surface area (Å²) in [6.45, 7) is 13.1. The van der Waals surface area contributed by atoms with Crippen LogP contribution < -0.4 is 16.0 Å². The maximum Gasteiger partial charge on any atom is 0.417 e. The Bertz CT molecular complexity index is 3190. The van der Waals surface area contributed by atoms with Crippen molar-refractivity contribution in [1.29, 1.82) is 0 Å². The van der Waals surface area contributed by atoms with E-state index >= 15 is 33.6 Å². The van der Waals surface area contributed by atoms with Crippen LogP contribution in [0.1, 0.15) is 201 Å². The van der Waals surface area contributed by atoms with E-state index in [0.29, 0.717) is 63.6 Å². The number of fused-ring (bicyclic) bond motifs is 2. The fourth-order valence-electron chi connectivity index (χ4n) is 15.6. The van der Waals surface area contributed by atoms with Crippen molar-refractivity contribution in [3.63, 3.8) is 0 Å². The lowest BCUT2D eigenvalue weighted by Gasteiger charge is -2.45. The van der Waals surface area contributed by atoms with Crippen LogP contribution >= 0.6 is 11.6 Å². The van der Waals surface area contributed by atoms with Crippen molar-refractivity contribution < 1.29 is 70.7 Å². The molecule has 7 rings (SSSR count). The van der Waals surface area contributed by atoms with Gasteiger partial charge in [0.2, 0.25) is 70.9 Å². The molecule has 0 aromatic heterocycles. The van der Waals surface area contributed by atoms with Gasteiger partial charge in [0.25, 0.3) is 0 Å². The van der Waals surface area contributed by atoms with Crippen LogP contribution in [0.25, 0.3) is 0 Å². The minimum absolute atomic E-state index is 0.0226. The summed E-state index contributed by atoms with van der Waals surface area (Å²) in [4.78, 5) is 193. The molecular formula is C74H114ClF3N12O12. The molecule has 3 N–H and O–H groups in total. The molecule has 2 saturated carbocycles. The number of rotatable bonds is 13. The van der Waals surface area contributed by atoms with E-state index in [1.807, 2.05) is 34.6 Å². The summed E-state index contributed by atoms with van der Waals surface area (Å²) < 4.78 is 41.7. The van der Waals surface area contributed by atoms with Gasteiger partial charge in [0.05, 0.1) is 23.6 Å². The standard InChI is InChI=1S/C74H114ClF3N12O12/c1-14-47(6)62-71(101)83(9)48(7)65(95)90-39-33-56(90)69(99)85(11)58(42-49-24-17-15-18-25-49)67(97)82(8)44-60(91)79-53(31-29-50-28-30-51(52(75)41-50)74(76,77)78)66(96)89-38-23-26-54(89)64(94)81-73(34-19-20-35-73)72(102)87(13)55(32-27-45(2)3)68(98)86(12)59(70(100)88-36-21-16-22-37-88)43-61(92)84(10)57(40-46(4)5)63(93)80-62/h28,30,41,45-49,53-59,62H,14-27,29,31-40,42-44H2,1-13H3,(H,79,91)(H,80,93)(H,81,94)/t47-,48-,53-,54-,55-,56-,57-,58-,59-,62-/m0/s1. The van der Waals surface area contributed by atoms with E-state index in [-0.39, 0.29) is 88.6 Å². The second-order valence-electron chi connectivity index (χ2n) is 30.8. The van der Waals surface area contributed by atoms with Crippen LogP contribution in [0.5, 0.6) is 0 Å². The first-order chi connectivity index (χ1) is 48.0. The molecule has 28 heteroatoms. The Balaban J connectivity index is 1.30. The quantitative estimate of drug-likeness (QED) is 0.184. The summed E-state index contributed by atoms with van der Waals surface area (Å²) in [5.74, 6) is -8.17. The van der Waals surface area contributed by atoms with Gasteiger partial charge in [0, 0.05) is 68.5 Å². The fraction of sp³-hybridized carbons (Fsp3) is 0.757. The van der Waals surface area contributed by atoms with Gasteiger partial charge >= 0.3 is 6.18 Å². The van der Waals surface area contributed by atoms with Gasteiger partial charge in [-0.3, -0.25) is 57.5 Å². The number of benzene rings is 1. The number of aryl methyl sites for hydroxylation is 1. The predicted octanol–water partition coefficient (Wildman–Crippen LogP) is 6.81. The zero-order valence-corrected chi connectivity index (χ0v) is 63.2. The van der Waals surface area contributed by atoms with Crippen molar-refractivity contribution in [3.8, 4) is 0 Å². The second-order valence-corrected chi connectivity index (χ2v) is 31.2. The Hall–Kier alpha value is -7.06. The van der Waals surface area contributed by atoms with E-state index in [4.69, 9.17) is 11.6 Å². The maximum atomic E-state index is 15.6. The molecule has 102 heavy (non-hydrogen) atoms. The van der Waals surface area contributed by atoms with Crippen molar-refractivity contribution in [2.24, 2.45) is 23.7 Å². The topological polar surface area (TPSA) is 270 Å².